The van der Waals surface area contributed by atoms with E-state index in [1.165, 1.54) is 18.2 Å². The van der Waals surface area contributed by atoms with Crippen LogP contribution in [0.1, 0.15) is 11.1 Å². The van der Waals surface area contributed by atoms with Crippen LogP contribution in [-0.2, 0) is 0 Å². The second kappa shape index (κ2) is 5.40. The second-order valence-corrected chi connectivity index (χ2v) is 4.95. The smallest absolute Gasteiger partial charge is 0.138 e. The number of nitrogen functional groups attached to an aromatic ring is 1. The molecule has 0 fully saturated rings. The maximum atomic E-state index is 13.1. The highest BCUT2D eigenvalue weighted by molar-refractivity contribution is 9.10. The molecule has 0 atom stereocenters. The van der Waals surface area contributed by atoms with Crippen molar-refractivity contribution < 1.29 is 9.13 Å². The first kappa shape index (κ1) is 13.5. The molecule has 0 aromatic heterocycles. The zero-order valence-corrected chi connectivity index (χ0v) is 11.8. The minimum atomic E-state index is -0.358. The Morgan fingerprint density at radius 2 is 2.00 bits per heavy atom. The maximum absolute atomic E-state index is 13.1. The summed E-state index contributed by atoms with van der Waals surface area (Å²) in [5, 5.41) is 7.54. The van der Waals surface area contributed by atoms with E-state index in [1.807, 2.05) is 13.0 Å². The van der Waals surface area contributed by atoms with Crippen molar-refractivity contribution in [3.8, 4) is 11.5 Å². The number of hydrogen-bond acceptors (Lipinski definition) is 2. The quantitative estimate of drug-likeness (QED) is 0.663. The molecule has 0 unspecified atom stereocenters. The molecule has 2 aromatic carbocycles. The highest BCUT2D eigenvalue weighted by Crippen LogP contribution is 2.29. The molecule has 2 rings (SSSR count). The van der Waals surface area contributed by atoms with Crippen LogP contribution < -0.4 is 10.5 Å². The Labute approximate surface area is 118 Å². The Kier molecular flexibility index (Phi) is 3.85. The van der Waals surface area contributed by atoms with Crippen molar-refractivity contribution >= 4 is 21.8 Å². The van der Waals surface area contributed by atoms with Crippen molar-refractivity contribution in [2.45, 2.75) is 6.92 Å². The predicted octanol–water partition coefficient (Wildman–Crippen LogP) is 3.97. The highest BCUT2D eigenvalue weighted by Gasteiger charge is 2.09. The van der Waals surface area contributed by atoms with Gasteiger partial charge in [0.1, 0.15) is 23.2 Å². The molecule has 3 N–H and O–H groups in total. The largest absolute Gasteiger partial charge is 0.457 e. The van der Waals surface area contributed by atoms with E-state index < -0.39 is 0 Å². The number of halogens is 2. The summed E-state index contributed by atoms with van der Waals surface area (Å²) in [6.45, 7) is 1.91. The molecule has 0 aliphatic heterocycles. The molecule has 0 spiro atoms. The van der Waals surface area contributed by atoms with Gasteiger partial charge in [-0.2, -0.15) is 0 Å². The van der Waals surface area contributed by atoms with Crippen LogP contribution in [0.15, 0.2) is 40.9 Å². The lowest BCUT2D eigenvalue weighted by molar-refractivity contribution is 0.478. The first-order valence-corrected chi connectivity index (χ1v) is 6.34. The molecule has 98 valence electrons. The minimum Gasteiger partial charge on any atom is -0.457 e. The Morgan fingerprint density at radius 1 is 1.26 bits per heavy atom. The van der Waals surface area contributed by atoms with Gasteiger partial charge < -0.3 is 10.5 Å². The molecule has 0 heterocycles. The first-order chi connectivity index (χ1) is 8.97. The van der Waals surface area contributed by atoms with Crippen molar-refractivity contribution in [3.05, 3.63) is 57.8 Å². The number of amidine groups is 1. The van der Waals surface area contributed by atoms with Gasteiger partial charge in [-0.3, -0.25) is 5.41 Å². The minimum absolute atomic E-state index is 0.0696. The topological polar surface area (TPSA) is 59.1 Å². The summed E-state index contributed by atoms with van der Waals surface area (Å²) in [5.41, 5.74) is 7.02. The molecule has 19 heavy (non-hydrogen) atoms. The lowest BCUT2D eigenvalue weighted by atomic mass is 10.1. The summed E-state index contributed by atoms with van der Waals surface area (Å²) in [7, 11) is 0. The molecule has 0 aliphatic rings. The Balaban J connectivity index is 2.37. The van der Waals surface area contributed by atoms with Gasteiger partial charge in [-0.15, -0.1) is 0 Å². The molecule has 0 aliphatic carbocycles. The van der Waals surface area contributed by atoms with E-state index in [2.05, 4.69) is 15.9 Å². The molecule has 0 saturated carbocycles. The fourth-order valence-electron chi connectivity index (χ4n) is 1.61. The molecule has 0 radical (unpaired) electrons. The standard InChI is InChI=1S/C14H12BrFN2O/c1-8-2-5-13(10(6-8)14(17)18)19-9-3-4-12(16)11(15)7-9/h2-7H,1H3,(H3,17,18). The van der Waals surface area contributed by atoms with Crippen molar-refractivity contribution in [2.24, 2.45) is 5.73 Å². The Hall–Kier alpha value is -1.88. The summed E-state index contributed by atoms with van der Waals surface area (Å²) in [6, 6.07) is 9.73. The molecule has 5 heteroatoms. The number of hydrogen-bond donors (Lipinski definition) is 2. The van der Waals surface area contributed by atoms with Gasteiger partial charge in [0.25, 0.3) is 0 Å². The van der Waals surface area contributed by atoms with E-state index in [1.54, 1.807) is 12.1 Å². The van der Waals surface area contributed by atoms with E-state index in [0.717, 1.165) is 5.56 Å². The van der Waals surface area contributed by atoms with Crippen molar-refractivity contribution in [1.82, 2.24) is 0 Å². The predicted molar refractivity (Wildman–Crippen MR) is 76.4 cm³/mol. The van der Waals surface area contributed by atoms with Crippen molar-refractivity contribution in [1.29, 1.82) is 5.41 Å². The Morgan fingerprint density at radius 3 is 2.63 bits per heavy atom. The van der Waals surface area contributed by atoms with Crippen LogP contribution in [0.2, 0.25) is 0 Å². The number of nitrogens with one attached hydrogen (secondary N) is 1. The molecule has 3 nitrogen and oxygen atoms in total. The van der Waals surface area contributed by atoms with Crippen molar-refractivity contribution in [2.75, 3.05) is 0 Å². The monoisotopic (exact) mass is 322 g/mol. The zero-order valence-electron chi connectivity index (χ0n) is 10.2. The van der Waals surface area contributed by atoms with Gasteiger partial charge in [-0.25, -0.2) is 4.39 Å². The fraction of sp³-hybridized carbons (Fsp3) is 0.0714. The van der Waals surface area contributed by atoms with Gasteiger partial charge >= 0.3 is 0 Å². The third-order valence-corrected chi connectivity index (χ3v) is 3.15. The van der Waals surface area contributed by atoms with E-state index in [4.69, 9.17) is 15.9 Å². The van der Waals surface area contributed by atoms with Crippen LogP contribution in [0.4, 0.5) is 4.39 Å². The second-order valence-electron chi connectivity index (χ2n) is 4.09. The van der Waals surface area contributed by atoms with Crippen LogP contribution in [0, 0.1) is 18.2 Å². The Bertz CT molecular complexity index is 643. The maximum Gasteiger partial charge on any atom is 0.138 e. The summed E-state index contributed by atoms with van der Waals surface area (Å²) in [4.78, 5) is 0. The summed E-state index contributed by atoms with van der Waals surface area (Å²) in [6.07, 6.45) is 0. The molecule has 0 saturated heterocycles. The number of aryl methyl sites for hydroxylation is 1. The first-order valence-electron chi connectivity index (χ1n) is 5.55. The van der Waals surface area contributed by atoms with Crippen molar-refractivity contribution in [3.63, 3.8) is 0 Å². The van der Waals surface area contributed by atoms with E-state index >= 15 is 0 Å². The number of benzene rings is 2. The lowest BCUT2D eigenvalue weighted by Gasteiger charge is -2.11. The SMILES string of the molecule is Cc1ccc(Oc2ccc(F)c(Br)c2)c(C(=N)N)c1. The summed E-state index contributed by atoms with van der Waals surface area (Å²) < 4.78 is 19.1. The molecular formula is C14H12BrFN2O. The van der Waals surface area contributed by atoms with Crippen LogP contribution >= 0.6 is 15.9 Å². The van der Waals surface area contributed by atoms with E-state index in [0.29, 0.717) is 21.5 Å². The number of nitrogens with two attached hydrogens (primary N) is 1. The third kappa shape index (κ3) is 3.12. The third-order valence-electron chi connectivity index (χ3n) is 2.54. The molecule has 2 aromatic rings. The zero-order chi connectivity index (χ0) is 14.0. The van der Waals surface area contributed by atoms with Gasteiger partial charge in [-0.1, -0.05) is 11.6 Å². The molecular weight excluding hydrogens is 311 g/mol. The van der Waals surface area contributed by atoms with Gasteiger partial charge in [-0.05, 0) is 53.2 Å². The normalized spacial score (nSPS) is 10.3. The number of rotatable bonds is 3. The van der Waals surface area contributed by atoms with Crippen LogP contribution in [0.25, 0.3) is 0 Å². The van der Waals surface area contributed by atoms with Crippen LogP contribution in [0.3, 0.4) is 0 Å². The molecule has 0 bridgehead atoms. The van der Waals surface area contributed by atoms with Crippen LogP contribution in [-0.4, -0.2) is 5.84 Å². The van der Waals surface area contributed by atoms with E-state index in [-0.39, 0.29) is 11.7 Å². The van der Waals surface area contributed by atoms with Crippen LogP contribution in [0.5, 0.6) is 11.5 Å². The van der Waals surface area contributed by atoms with Gasteiger partial charge in [0, 0.05) is 0 Å². The van der Waals surface area contributed by atoms with Gasteiger partial charge in [0.05, 0.1) is 10.0 Å². The summed E-state index contributed by atoms with van der Waals surface area (Å²) in [5.74, 6) is 0.513. The highest BCUT2D eigenvalue weighted by atomic mass is 79.9. The fourth-order valence-corrected chi connectivity index (χ4v) is 1.97. The lowest BCUT2D eigenvalue weighted by Crippen LogP contribution is -2.12. The molecule has 0 amide bonds. The average molecular weight is 323 g/mol. The van der Waals surface area contributed by atoms with E-state index in [9.17, 15) is 4.39 Å². The van der Waals surface area contributed by atoms with Gasteiger partial charge in [0.15, 0.2) is 0 Å². The van der Waals surface area contributed by atoms with Gasteiger partial charge in [0.2, 0.25) is 0 Å². The summed E-state index contributed by atoms with van der Waals surface area (Å²) >= 11 is 3.10. The number of ether oxygens (including phenoxy) is 1. The average Bonchev–Trinajstić information content (AvgIpc) is 2.36.